The molecule has 110 valence electrons. The molecule has 1 aromatic carbocycles. The zero-order chi connectivity index (χ0) is 14.6. The molecular weight excluding hydrogens is 252 g/mol. The summed E-state index contributed by atoms with van der Waals surface area (Å²) in [4.78, 5) is 14.6. The van der Waals surface area contributed by atoms with Crippen LogP contribution in [0.15, 0.2) is 24.3 Å². The molecule has 0 saturated carbocycles. The number of nitrogens with zero attached hydrogens (tertiary/aromatic N) is 1. The molecule has 0 aliphatic carbocycles. The summed E-state index contributed by atoms with van der Waals surface area (Å²) < 4.78 is 5.15. The fraction of sp³-hybridized carbons (Fsp3) is 0.562. The van der Waals surface area contributed by atoms with Gasteiger partial charge in [0.05, 0.1) is 12.6 Å². The molecule has 0 radical (unpaired) electrons. The van der Waals surface area contributed by atoms with E-state index < -0.39 is 0 Å². The Morgan fingerprint density at radius 3 is 2.60 bits per heavy atom. The van der Waals surface area contributed by atoms with Gasteiger partial charge in [0, 0.05) is 12.7 Å². The Hall–Kier alpha value is -1.55. The minimum absolute atomic E-state index is 0.169. The first-order valence-corrected chi connectivity index (χ1v) is 7.30. The van der Waals surface area contributed by atoms with Crippen LogP contribution in [-0.4, -0.2) is 32.1 Å². The average molecular weight is 276 g/mol. The normalized spacial score (nSPS) is 21.8. The predicted octanol–water partition coefficient (Wildman–Crippen LogP) is 2.58. The summed E-state index contributed by atoms with van der Waals surface area (Å²) >= 11 is 0. The Morgan fingerprint density at radius 2 is 2.10 bits per heavy atom. The predicted molar refractivity (Wildman–Crippen MR) is 81.3 cm³/mol. The number of benzene rings is 1. The lowest BCUT2D eigenvalue weighted by molar-refractivity contribution is -0.124. The van der Waals surface area contributed by atoms with E-state index in [1.807, 2.05) is 31.3 Å². The Morgan fingerprint density at radius 1 is 1.40 bits per heavy atom. The largest absolute Gasteiger partial charge is 0.497 e. The van der Waals surface area contributed by atoms with Crippen LogP contribution in [0.2, 0.25) is 0 Å². The number of anilines is 1. The lowest BCUT2D eigenvalue weighted by atomic mass is 9.90. The van der Waals surface area contributed by atoms with Crippen molar-refractivity contribution in [1.82, 2.24) is 5.32 Å². The SMILES string of the molecule is CCCC1(C(=O)N(C)c2ccc(OC)cc2)CCCN1. The van der Waals surface area contributed by atoms with E-state index in [9.17, 15) is 4.79 Å². The first-order valence-electron chi connectivity index (χ1n) is 7.30. The minimum atomic E-state index is -0.372. The first-order chi connectivity index (χ1) is 9.63. The fourth-order valence-electron chi connectivity index (χ4n) is 2.98. The van der Waals surface area contributed by atoms with Crippen LogP contribution in [0, 0.1) is 0 Å². The van der Waals surface area contributed by atoms with Gasteiger partial charge in [0.2, 0.25) is 5.91 Å². The topological polar surface area (TPSA) is 41.6 Å². The van der Waals surface area contributed by atoms with Gasteiger partial charge in [0.15, 0.2) is 0 Å². The van der Waals surface area contributed by atoms with Crippen molar-refractivity contribution >= 4 is 11.6 Å². The number of hydrogen-bond acceptors (Lipinski definition) is 3. The number of nitrogens with one attached hydrogen (secondary N) is 1. The number of carbonyl (C=O) groups is 1. The quantitative estimate of drug-likeness (QED) is 0.898. The summed E-state index contributed by atoms with van der Waals surface area (Å²) in [5.41, 5.74) is 0.531. The van der Waals surface area contributed by atoms with Crippen LogP contribution in [0.3, 0.4) is 0 Å². The highest BCUT2D eigenvalue weighted by atomic mass is 16.5. The maximum Gasteiger partial charge on any atom is 0.247 e. The number of hydrogen-bond donors (Lipinski definition) is 1. The third-order valence-electron chi connectivity index (χ3n) is 4.09. The molecular formula is C16H24N2O2. The van der Waals surface area contributed by atoms with Gasteiger partial charge in [-0.2, -0.15) is 0 Å². The second kappa shape index (κ2) is 6.27. The summed E-state index contributed by atoms with van der Waals surface area (Å²) in [5.74, 6) is 0.971. The molecule has 4 heteroatoms. The van der Waals surface area contributed by atoms with Gasteiger partial charge in [-0.15, -0.1) is 0 Å². The van der Waals surface area contributed by atoms with E-state index in [1.54, 1.807) is 12.0 Å². The number of likely N-dealkylation sites (N-methyl/N-ethyl adjacent to an activating group) is 1. The molecule has 1 saturated heterocycles. The van der Waals surface area contributed by atoms with Crippen LogP contribution in [0.4, 0.5) is 5.69 Å². The van der Waals surface area contributed by atoms with E-state index in [0.29, 0.717) is 0 Å². The third kappa shape index (κ3) is 2.80. The number of amides is 1. The molecule has 1 aliphatic heterocycles. The second-order valence-corrected chi connectivity index (χ2v) is 5.42. The molecule has 1 amide bonds. The average Bonchev–Trinajstić information content (AvgIpc) is 2.96. The lowest BCUT2D eigenvalue weighted by Crippen LogP contribution is -2.54. The van der Waals surface area contributed by atoms with Crippen LogP contribution < -0.4 is 15.0 Å². The van der Waals surface area contributed by atoms with E-state index in [0.717, 1.165) is 43.7 Å². The molecule has 1 N–H and O–H groups in total. The van der Waals surface area contributed by atoms with Gasteiger partial charge in [0.25, 0.3) is 0 Å². The van der Waals surface area contributed by atoms with E-state index in [2.05, 4.69) is 12.2 Å². The van der Waals surface area contributed by atoms with Crippen molar-refractivity contribution in [3.63, 3.8) is 0 Å². The molecule has 2 rings (SSSR count). The van der Waals surface area contributed by atoms with Crippen molar-refractivity contribution in [2.24, 2.45) is 0 Å². The Balaban J connectivity index is 2.17. The van der Waals surface area contributed by atoms with Crippen molar-refractivity contribution in [1.29, 1.82) is 0 Å². The molecule has 0 bridgehead atoms. The van der Waals surface area contributed by atoms with Gasteiger partial charge in [-0.1, -0.05) is 13.3 Å². The van der Waals surface area contributed by atoms with Gasteiger partial charge in [-0.25, -0.2) is 0 Å². The summed E-state index contributed by atoms with van der Waals surface area (Å²) in [7, 11) is 3.49. The van der Waals surface area contributed by atoms with E-state index >= 15 is 0 Å². The maximum absolute atomic E-state index is 12.8. The van der Waals surface area contributed by atoms with Crippen molar-refractivity contribution < 1.29 is 9.53 Å². The number of ether oxygens (including phenoxy) is 1. The summed E-state index contributed by atoms with van der Waals surface area (Å²) in [6.07, 6.45) is 3.91. The van der Waals surface area contributed by atoms with Crippen LogP contribution in [0.5, 0.6) is 5.75 Å². The molecule has 4 nitrogen and oxygen atoms in total. The Kier molecular flexibility index (Phi) is 4.65. The summed E-state index contributed by atoms with van der Waals surface area (Å²) in [6, 6.07) is 7.61. The van der Waals surface area contributed by atoms with Gasteiger partial charge >= 0.3 is 0 Å². The van der Waals surface area contributed by atoms with Crippen LogP contribution in [0.25, 0.3) is 0 Å². The molecule has 1 heterocycles. The zero-order valence-corrected chi connectivity index (χ0v) is 12.6. The van der Waals surface area contributed by atoms with Gasteiger partial charge in [-0.05, 0) is 50.1 Å². The standard InChI is InChI=1S/C16H24N2O2/c1-4-10-16(11-5-12-17-16)15(19)18(2)13-6-8-14(20-3)9-7-13/h6-9,17H,4-5,10-12H2,1-3H3. The highest BCUT2D eigenvalue weighted by Gasteiger charge is 2.41. The monoisotopic (exact) mass is 276 g/mol. The van der Waals surface area contributed by atoms with E-state index in [4.69, 9.17) is 4.74 Å². The molecule has 1 fully saturated rings. The molecule has 1 aromatic rings. The van der Waals surface area contributed by atoms with E-state index in [1.165, 1.54) is 0 Å². The van der Waals surface area contributed by atoms with Crippen molar-refractivity contribution in [3.05, 3.63) is 24.3 Å². The summed E-state index contributed by atoms with van der Waals surface area (Å²) in [5, 5.41) is 3.43. The second-order valence-electron chi connectivity index (χ2n) is 5.42. The highest BCUT2D eigenvalue weighted by Crippen LogP contribution is 2.29. The first kappa shape index (κ1) is 14.9. The third-order valence-corrected chi connectivity index (χ3v) is 4.09. The number of methoxy groups -OCH3 is 1. The molecule has 1 aliphatic rings. The molecule has 0 spiro atoms. The molecule has 0 aromatic heterocycles. The maximum atomic E-state index is 12.8. The highest BCUT2D eigenvalue weighted by molar-refractivity contribution is 6.00. The number of rotatable bonds is 5. The minimum Gasteiger partial charge on any atom is -0.497 e. The van der Waals surface area contributed by atoms with Crippen molar-refractivity contribution in [2.45, 2.75) is 38.1 Å². The van der Waals surface area contributed by atoms with Crippen LogP contribution in [-0.2, 0) is 4.79 Å². The number of carbonyl (C=O) groups excluding carboxylic acids is 1. The van der Waals surface area contributed by atoms with Crippen LogP contribution >= 0.6 is 0 Å². The lowest BCUT2D eigenvalue weighted by Gasteiger charge is -2.32. The molecule has 1 unspecified atom stereocenters. The fourth-order valence-corrected chi connectivity index (χ4v) is 2.98. The van der Waals surface area contributed by atoms with Crippen LogP contribution in [0.1, 0.15) is 32.6 Å². The van der Waals surface area contributed by atoms with Gasteiger partial charge in [0.1, 0.15) is 5.75 Å². The van der Waals surface area contributed by atoms with Gasteiger partial charge in [-0.3, -0.25) is 4.79 Å². The Bertz CT molecular complexity index is 450. The van der Waals surface area contributed by atoms with E-state index in [-0.39, 0.29) is 11.4 Å². The zero-order valence-electron chi connectivity index (χ0n) is 12.6. The molecule has 1 atom stereocenters. The Labute approximate surface area is 121 Å². The van der Waals surface area contributed by atoms with Crippen molar-refractivity contribution in [2.75, 3.05) is 25.6 Å². The van der Waals surface area contributed by atoms with Crippen molar-refractivity contribution in [3.8, 4) is 5.75 Å². The smallest absolute Gasteiger partial charge is 0.247 e. The summed E-state index contributed by atoms with van der Waals surface area (Å²) in [6.45, 7) is 3.06. The van der Waals surface area contributed by atoms with Gasteiger partial charge < -0.3 is 15.0 Å². The molecule has 20 heavy (non-hydrogen) atoms.